The normalized spacial score (nSPS) is 14.8. The molecule has 5 heteroatoms. The maximum absolute atomic E-state index is 13.2. The van der Waals surface area contributed by atoms with Crippen molar-refractivity contribution in [2.45, 2.75) is 6.54 Å². The number of hydrogen-bond acceptors (Lipinski definition) is 4. The zero-order valence-corrected chi connectivity index (χ0v) is 17.7. The van der Waals surface area contributed by atoms with Crippen LogP contribution in [0.1, 0.15) is 15.9 Å². The highest BCUT2D eigenvalue weighted by atomic mass is 16.1. The molecule has 156 valence electrons. The summed E-state index contributed by atoms with van der Waals surface area (Å²) in [6, 6.07) is 22.4. The maximum atomic E-state index is 13.2. The summed E-state index contributed by atoms with van der Waals surface area (Å²) in [5.74, 6) is -0.0948. The Labute approximate surface area is 182 Å². The van der Waals surface area contributed by atoms with Crippen molar-refractivity contribution < 1.29 is 4.79 Å². The van der Waals surface area contributed by atoms with Gasteiger partial charge in [0.2, 0.25) is 0 Å². The number of carbonyl (C=O) groups is 1. The summed E-state index contributed by atoms with van der Waals surface area (Å²) in [5, 5.41) is 6.31. The Morgan fingerprint density at radius 2 is 1.68 bits per heavy atom. The number of hydrogen-bond donors (Lipinski definition) is 1. The zero-order valence-electron chi connectivity index (χ0n) is 17.7. The van der Waals surface area contributed by atoms with Gasteiger partial charge in [-0.05, 0) is 41.6 Å². The van der Waals surface area contributed by atoms with Crippen molar-refractivity contribution in [1.29, 1.82) is 0 Å². The van der Waals surface area contributed by atoms with Gasteiger partial charge in [0.25, 0.3) is 5.91 Å². The molecule has 4 aromatic rings. The molecule has 1 aromatic heterocycles. The summed E-state index contributed by atoms with van der Waals surface area (Å²) in [7, 11) is 2.16. The van der Waals surface area contributed by atoms with Crippen molar-refractivity contribution in [2.24, 2.45) is 0 Å². The van der Waals surface area contributed by atoms with Gasteiger partial charge in [-0.25, -0.2) is 0 Å². The zero-order chi connectivity index (χ0) is 21.2. The number of piperazine rings is 1. The van der Waals surface area contributed by atoms with E-state index in [1.165, 1.54) is 5.69 Å². The minimum Gasteiger partial charge on any atom is -0.369 e. The maximum Gasteiger partial charge on any atom is 0.253 e. The van der Waals surface area contributed by atoms with Crippen molar-refractivity contribution in [1.82, 2.24) is 15.2 Å². The number of carbonyl (C=O) groups excluding carboxylic acids is 1. The largest absolute Gasteiger partial charge is 0.369 e. The number of nitrogens with one attached hydrogen (secondary N) is 1. The lowest BCUT2D eigenvalue weighted by atomic mass is 10.0. The summed E-state index contributed by atoms with van der Waals surface area (Å²) in [6.45, 7) is 4.59. The topological polar surface area (TPSA) is 48.5 Å². The van der Waals surface area contributed by atoms with Gasteiger partial charge >= 0.3 is 0 Å². The average molecular weight is 411 g/mol. The van der Waals surface area contributed by atoms with Gasteiger partial charge < -0.3 is 15.1 Å². The van der Waals surface area contributed by atoms with Crippen LogP contribution in [0.15, 0.2) is 72.9 Å². The van der Waals surface area contributed by atoms with E-state index in [2.05, 4.69) is 51.4 Å². The van der Waals surface area contributed by atoms with Crippen LogP contribution >= 0.6 is 0 Å². The number of likely N-dealkylation sites (N-methyl/N-ethyl adjacent to an activating group) is 1. The summed E-state index contributed by atoms with van der Waals surface area (Å²) in [5.41, 5.74) is 3.70. The number of benzene rings is 3. The number of amides is 1. The van der Waals surface area contributed by atoms with Gasteiger partial charge in [0, 0.05) is 50.0 Å². The average Bonchev–Trinajstić information content (AvgIpc) is 2.83. The Morgan fingerprint density at radius 1 is 0.935 bits per heavy atom. The predicted octanol–water partition coefficient (Wildman–Crippen LogP) is 4.07. The van der Waals surface area contributed by atoms with E-state index in [0.717, 1.165) is 53.4 Å². The van der Waals surface area contributed by atoms with Crippen LogP contribution in [0.4, 0.5) is 5.69 Å². The first-order valence-electron chi connectivity index (χ1n) is 10.8. The van der Waals surface area contributed by atoms with Crippen LogP contribution in [0, 0.1) is 0 Å². The number of rotatable bonds is 4. The van der Waals surface area contributed by atoms with Gasteiger partial charge in [-0.1, -0.05) is 48.5 Å². The lowest BCUT2D eigenvalue weighted by molar-refractivity contribution is 0.0952. The quantitative estimate of drug-likeness (QED) is 0.515. The Balaban J connectivity index is 1.42. The first kappa shape index (κ1) is 19.5. The molecule has 0 aliphatic carbocycles. The molecular formula is C26H26N4O. The lowest BCUT2D eigenvalue weighted by Crippen LogP contribution is -2.45. The van der Waals surface area contributed by atoms with Crippen LogP contribution in [0.5, 0.6) is 0 Å². The van der Waals surface area contributed by atoms with Gasteiger partial charge in [-0.2, -0.15) is 0 Å². The van der Waals surface area contributed by atoms with Crippen LogP contribution in [0.3, 0.4) is 0 Å². The predicted molar refractivity (Wildman–Crippen MR) is 127 cm³/mol. The van der Waals surface area contributed by atoms with E-state index in [4.69, 9.17) is 0 Å². The second-order valence-electron chi connectivity index (χ2n) is 8.15. The van der Waals surface area contributed by atoms with Crippen LogP contribution < -0.4 is 10.2 Å². The van der Waals surface area contributed by atoms with E-state index in [0.29, 0.717) is 12.1 Å². The fraction of sp³-hybridized carbons (Fsp3) is 0.231. The fourth-order valence-electron chi connectivity index (χ4n) is 4.39. The highest BCUT2D eigenvalue weighted by molar-refractivity contribution is 6.15. The Bertz CT molecular complexity index is 1240. The third kappa shape index (κ3) is 3.84. The molecule has 0 spiro atoms. The van der Waals surface area contributed by atoms with Gasteiger partial charge in [0.05, 0.1) is 11.1 Å². The third-order valence-electron chi connectivity index (χ3n) is 6.13. The van der Waals surface area contributed by atoms with Crippen LogP contribution in [0.25, 0.3) is 21.7 Å². The minimum atomic E-state index is -0.0948. The summed E-state index contributed by atoms with van der Waals surface area (Å²) in [6.07, 6.45) is 1.75. The van der Waals surface area contributed by atoms with Crippen molar-refractivity contribution in [2.75, 3.05) is 38.1 Å². The van der Waals surface area contributed by atoms with Crippen LogP contribution in [-0.2, 0) is 6.54 Å². The summed E-state index contributed by atoms with van der Waals surface area (Å²) < 4.78 is 0. The van der Waals surface area contributed by atoms with Crippen LogP contribution in [-0.4, -0.2) is 49.0 Å². The molecule has 0 unspecified atom stereocenters. The van der Waals surface area contributed by atoms with E-state index in [1.54, 1.807) is 6.20 Å². The number of anilines is 1. The van der Waals surface area contributed by atoms with Crippen molar-refractivity contribution in [3.63, 3.8) is 0 Å². The van der Waals surface area contributed by atoms with Gasteiger partial charge in [0.15, 0.2) is 0 Å². The SMILES string of the molecule is CN1CCN(c2ccccc2CNC(=O)c2cc3ccccc3c3cccnc23)CC1. The van der Waals surface area contributed by atoms with Crippen molar-refractivity contribution in [3.05, 3.63) is 84.1 Å². The van der Waals surface area contributed by atoms with E-state index < -0.39 is 0 Å². The number of nitrogens with zero attached hydrogens (tertiary/aromatic N) is 3. The molecule has 0 bridgehead atoms. The molecule has 3 aromatic carbocycles. The smallest absolute Gasteiger partial charge is 0.253 e. The van der Waals surface area contributed by atoms with Gasteiger partial charge in [0.1, 0.15) is 0 Å². The van der Waals surface area contributed by atoms with Crippen LogP contribution in [0.2, 0.25) is 0 Å². The van der Waals surface area contributed by atoms with Gasteiger partial charge in [-0.3, -0.25) is 9.78 Å². The highest BCUT2D eigenvalue weighted by Gasteiger charge is 2.18. The van der Waals surface area contributed by atoms with Crippen molar-refractivity contribution >= 4 is 33.3 Å². The molecule has 2 heterocycles. The van der Waals surface area contributed by atoms with E-state index in [1.807, 2.05) is 42.5 Å². The minimum absolute atomic E-state index is 0.0948. The molecule has 0 atom stereocenters. The monoisotopic (exact) mass is 410 g/mol. The lowest BCUT2D eigenvalue weighted by Gasteiger charge is -2.35. The van der Waals surface area contributed by atoms with E-state index in [-0.39, 0.29) is 5.91 Å². The molecule has 31 heavy (non-hydrogen) atoms. The van der Waals surface area contributed by atoms with E-state index in [9.17, 15) is 4.79 Å². The Hall–Kier alpha value is -3.44. The molecule has 5 rings (SSSR count). The summed E-state index contributed by atoms with van der Waals surface area (Å²) in [4.78, 5) is 22.5. The number of fused-ring (bicyclic) bond motifs is 3. The molecule has 0 radical (unpaired) electrons. The van der Waals surface area contributed by atoms with Crippen molar-refractivity contribution in [3.8, 4) is 0 Å². The molecule has 1 fully saturated rings. The molecule has 1 saturated heterocycles. The molecule has 1 N–H and O–H groups in total. The van der Waals surface area contributed by atoms with Gasteiger partial charge in [-0.15, -0.1) is 0 Å². The summed E-state index contributed by atoms with van der Waals surface area (Å²) >= 11 is 0. The van der Waals surface area contributed by atoms with E-state index >= 15 is 0 Å². The highest BCUT2D eigenvalue weighted by Crippen LogP contribution is 2.27. The standard InChI is InChI=1S/C26H26N4O/c1-29-13-15-30(16-14-29)24-11-5-3-8-20(24)18-28-26(31)23-17-19-7-2-4-9-21(19)22-10-6-12-27-25(22)23/h2-12,17H,13-16,18H2,1H3,(H,28,31). The molecular weight excluding hydrogens is 384 g/mol. The number of para-hydroxylation sites is 1. The second kappa shape index (κ2) is 8.36. The molecule has 1 amide bonds. The third-order valence-corrected chi connectivity index (χ3v) is 6.13. The molecule has 5 nitrogen and oxygen atoms in total. The first-order chi connectivity index (χ1) is 15.2. The second-order valence-corrected chi connectivity index (χ2v) is 8.15. The Kier molecular flexibility index (Phi) is 5.26. The molecule has 1 aliphatic heterocycles. The number of aromatic nitrogens is 1. The fourth-order valence-corrected chi connectivity index (χ4v) is 4.39. The molecule has 1 aliphatic rings. The number of pyridine rings is 1. The first-order valence-corrected chi connectivity index (χ1v) is 10.8. The molecule has 0 saturated carbocycles. The Morgan fingerprint density at radius 3 is 2.55 bits per heavy atom.